The van der Waals surface area contributed by atoms with E-state index in [0.717, 1.165) is 11.3 Å². The highest BCUT2D eigenvalue weighted by molar-refractivity contribution is 5.84. The van der Waals surface area contributed by atoms with Crippen LogP contribution in [0.3, 0.4) is 0 Å². The number of nitriles is 1. The number of nitrogens with zero attached hydrogens (tertiary/aromatic N) is 4. The van der Waals surface area contributed by atoms with Crippen molar-refractivity contribution in [1.29, 1.82) is 5.26 Å². The first-order valence-corrected chi connectivity index (χ1v) is 7.68. The van der Waals surface area contributed by atoms with Gasteiger partial charge in [-0.05, 0) is 31.5 Å². The molecule has 124 valence electrons. The number of nitrogens with two attached hydrogens (primary N) is 1. The second kappa shape index (κ2) is 6.06. The maximum absolute atomic E-state index is 13.4. The minimum Gasteiger partial charge on any atom is -0.368 e. The van der Waals surface area contributed by atoms with Crippen LogP contribution in [0.4, 0.5) is 4.39 Å². The Morgan fingerprint density at radius 1 is 1.54 bits per heavy atom. The van der Waals surface area contributed by atoms with Crippen molar-refractivity contribution in [3.8, 4) is 11.8 Å². The molecule has 0 radical (unpaired) electrons. The van der Waals surface area contributed by atoms with Crippen LogP contribution < -0.4 is 5.73 Å². The molecular formula is C17H18FN5O. The summed E-state index contributed by atoms with van der Waals surface area (Å²) < 4.78 is 15.0. The second-order valence-corrected chi connectivity index (χ2v) is 6.18. The van der Waals surface area contributed by atoms with E-state index >= 15 is 0 Å². The molecule has 1 amide bonds. The molecule has 6 nitrogen and oxygen atoms in total. The number of carbonyl (C=O) groups excluding carboxylic acids is 1. The zero-order valence-corrected chi connectivity index (χ0v) is 13.4. The van der Waals surface area contributed by atoms with Crippen LogP contribution >= 0.6 is 0 Å². The van der Waals surface area contributed by atoms with Crippen molar-refractivity contribution in [1.82, 2.24) is 14.7 Å². The summed E-state index contributed by atoms with van der Waals surface area (Å²) >= 11 is 0. The number of aromatic nitrogens is 2. The number of primary amides is 1. The summed E-state index contributed by atoms with van der Waals surface area (Å²) in [4.78, 5) is 13.6. The maximum atomic E-state index is 13.4. The molecule has 0 spiro atoms. The molecule has 1 aromatic carbocycles. The molecule has 2 N–H and O–H groups in total. The van der Waals surface area contributed by atoms with Crippen molar-refractivity contribution >= 4 is 5.91 Å². The molecule has 1 aliphatic heterocycles. The molecular weight excluding hydrogens is 309 g/mol. The summed E-state index contributed by atoms with van der Waals surface area (Å²) in [5.74, 6) is -0.887. The Kier molecular flexibility index (Phi) is 4.08. The first-order valence-electron chi connectivity index (χ1n) is 7.68. The molecule has 1 aromatic heterocycles. The van der Waals surface area contributed by atoms with Gasteiger partial charge >= 0.3 is 0 Å². The number of rotatable bonds is 4. The largest absolute Gasteiger partial charge is 0.368 e. The maximum Gasteiger partial charge on any atom is 0.239 e. The number of hydrogen-bond acceptors (Lipinski definition) is 4. The van der Waals surface area contributed by atoms with Crippen LogP contribution in [0.25, 0.3) is 5.69 Å². The Balaban J connectivity index is 1.78. The van der Waals surface area contributed by atoms with Gasteiger partial charge in [0.25, 0.3) is 0 Å². The zero-order chi connectivity index (χ0) is 17.3. The lowest BCUT2D eigenvalue weighted by molar-refractivity contribution is -0.124. The summed E-state index contributed by atoms with van der Waals surface area (Å²) in [7, 11) is 0. The van der Waals surface area contributed by atoms with Gasteiger partial charge in [0.05, 0.1) is 17.5 Å². The molecule has 1 saturated heterocycles. The molecule has 2 heterocycles. The number of aryl methyl sites for hydroxylation is 1. The molecule has 7 heteroatoms. The van der Waals surface area contributed by atoms with E-state index in [1.807, 2.05) is 18.0 Å². The van der Waals surface area contributed by atoms with Crippen molar-refractivity contribution in [2.45, 2.75) is 19.9 Å². The third kappa shape index (κ3) is 2.88. The van der Waals surface area contributed by atoms with Gasteiger partial charge in [-0.25, -0.2) is 9.07 Å². The van der Waals surface area contributed by atoms with Gasteiger partial charge in [0, 0.05) is 31.4 Å². The molecule has 0 aliphatic carbocycles. The third-order valence-electron chi connectivity index (χ3n) is 4.50. The highest BCUT2D eigenvalue weighted by Gasteiger charge is 2.43. The van der Waals surface area contributed by atoms with Crippen LogP contribution in [0, 0.1) is 29.5 Å². The Bertz CT molecular complexity index is 825. The molecule has 2 aromatic rings. The lowest BCUT2D eigenvalue weighted by Gasteiger charge is -2.18. The van der Waals surface area contributed by atoms with Crippen LogP contribution in [0.2, 0.25) is 0 Å². The van der Waals surface area contributed by atoms with E-state index in [1.54, 1.807) is 16.8 Å². The SMILES string of the molecule is Cc1nn(-c2cccc(F)c2)cc1CN1CCC(C#N)(C(N)=O)C1. The van der Waals surface area contributed by atoms with E-state index < -0.39 is 11.3 Å². The van der Waals surface area contributed by atoms with Crippen LogP contribution in [0.15, 0.2) is 30.5 Å². The highest BCUT2D eigenvalue weighted by Crippen LogP contribution is 2.30. The average Bonchev–Trinajstić information content (AvgIpc) is 3.13. The van der Waals surface area contributed by atoms with Gasteiger partial charge in [0.1, 0.15) is 11.2 Å². The fourth-order valence-corrected chi connectivity index (χ4v) is 3.01. The Morgan fingerprint density at radius 3 is 2.96 bits per heavy atom. The molecule has 1 atom stereocenters. The molecule has 0 bridgehead atoms. The smallest absolute Gasteiger partial charge is 0.239 e. The fourth-order valence-electron chi connectivity index (χ4n) is 3.01. The van der Waals surface area contributed by atoms with Gasteiger partial charge in [-0.15, -0.1) is 0 Å². The van der Waals surface area contributed by atoms with Gasteiger partial charge in [-0.2, -0.15) is 10.4 Å². The monoisotopic (exact) mass is 327 g/mol. The van der Waals surface area contributed by atoms with Crippen LogP contribution in [0.1, 0.15) is 17.7 Å². The average molecular weight is 327 g/mol. The molecule has 0 saturated carbocycles. The number of likely N-dealkylation sites (tertiary alicyclic amines) is 1. The summed E-state index contributed by atoms with van der Waals surface area (Å²) in [6.45, 7) is 3.40. The second-order valence-electron chi connectivity index (χ2n) is 6.18. The summed E-state index contributed by atoms with van der Waals surface area (Å²) in [5.41, 5.74) is 6.72. The molecule has 3 rings (SSSR count). The highest BCUT2D eigenvalue weighted by atomic mass is 19.1. The van der Waals surface area contributed by atoms with Crippen LogP contribution in [-0.2, 0) is 11.3 Å². The summed E-state index contributed by atoms with van der Waals surface area (Å²) in [5, 5.41) is 13.7. The van der Waals surface area contributed by atoms with Crippen molar-refractivity contribution in [2.24, 2.45) is 11.1 Å². The zero-order valence-electron chi connectivity index (χ0n) is 13.4. The van der Waals surface area contributed by atoms with E-state index in [0.29, 0.717) is 31.7 Å². The lowest BCUT2D eigenvalue weighted by atomic mass is 9.88. The minimum absolute atomic E-state index is 0.318. The van der Waals surface area contributed by atoms with Crippen molar-refractivity contribution < 1.29 is 9.18 Å². The number of hydrogen-bond donors (Lipinski definition) is 1. The third-order valence-corrected chi connectivity index (χ3v) is 4.50. The predicted molar refractivity (Wildman–Crippen MR) is 85.4 cm³/mol. The van der Waals surface area contributed by atoms with Gasteiger partial charge in [-0.3, -0.25) is 9.69 Å². The van der Waals surface area contributed by atoms with Crippen LogP contribution in [-0.4, -0.2) is 33.7 Å². The summed E-state index contributed by atoms with van der Waals surface area (Å²) in [6.07, 6.45) is 2.29. The molecule has 1 fully saturated rings. The normalized spacial score (nSPS) is 20.9. The quantitative estimate of drug-likeness (QED) is 0.922. The molecule has 24 heavy (non-hydrogen) atoms. The minimum atomic E-state index is -1.10. The topological polar surface area (TPSA) is 87.9 Å². The van der Waals surface area contributed by atoms with Gasteiger partial charge in [0.2, 0.25) is 5.91 Å². The van der Waals surface area contributed by atoms with E-state index in [-0.39, 0.29) is 5.82 Å². The number of amides is 1. The number of carbonyl (C=O) groups is 1. The van der Waals surface area contributed by atoms with Gasteiger partial charge < -0.3 is 5.73 Å². The Morgan fingerprint density at radius 2 is 2.33 bits per heavy atom. The van der Waals surface area contributed by atoms with Crippen molar-refractivity contribution in [3.63, 3.8) is 0 Å². The summed E-state index contributed by atoms with van der Waals surface area (Å²) in [6, 6.07) is 8.28. The lowest BCUT2D eigenvalue weighted by Crippen LogP contribution is -2.38. The van der Waals surface area contributed by atoms with Crippen molar-refractivity contribution in [3.05, 3.63) is 47.5 Å². The van der Waals surface area contributed by atoms with E-state index in [9.17, 15) is 14.4 Å². The van der Waals surface area contributed by atoms with E-state index in [1.165, 1.54) is 12.1 Å². The fraction of sp³-hybridized carbons (Fsp3) is 0.353. The van der Waals surface area contributed by atoms with E-state index in [2.05, 4.69) is 11.2 Å². The number of benzene rings is 1. The van der Waals surface area contributed by atoms with Crippen LogP contribution in [0.5, 0.6) is 0 Å². The first-order chi connectivity index (χ1) is 11.4. The molecule has 1 unspecified atom stereocenters. The molecule has 1 aliphatic rings. The Labute approximate surface area is 139 Å². The Hall–Kier alpha value is -2.72. The van der Waals surface area contributed by atoms with E-state index in [4.69, 9.17) is 5.73 Å². The van der Waals surface area contributed by atoms with Gasteiger partial charge in [-0.1, -0.05) is 6.07 Å². The van der Waals surface area contributed by atoms with Gasteiger partial charge in [0.15, 0.2) is 0 Å². The van der Waals surface area contributed by atoms with Crippen molar-refractivity contribution in [2.75, 3.05) is 13.1 Å². The number of halogens is 1. The standard InChI is InChI=1S/C17H18FN5O/c1-12-13(8-22-6-5-17(10-19,11-22)16(20)24)9-23(21-12)15-4-2-3-14(18)7-15/h2-4,7,9H,5-6,8,11H2,1H3,(H2,20,24). The predicted octanol–water partition coefficient (Wildman–Crippen LogP) is 1.52. The first kappa shape index (κ1) is 16.1.